The first kappa shape index (κ1) is 42.0. The third kappa shape index (κ3) is 15.9. The molecule has 2 aromatic carbocycles. The molecule has 1 amide bonds. The lowest BCUT2D eigenvalue weighted by molar-refractivity contribution is -0.0213. The highest BCUT2D eigenvalue weighted by atomic mass is 28.4. The van der Waals surface area contributed by atoms with Crippen LogP contribution in [0.1, 0.15) is 44.2 Å². The number of carbonyl (C=O) groups excluding carboxylic acids is 1. The standard InChI is InChI=1S/C38H61NO10Si/c1-38(2,3)50(4,5)49-30-29-47-28-27-46-26-25-45-24-23-44-22-21-43-20-19-42-18-17-41-16-10-15-39-37(40)48-31-36-34-13-8-6-11-32(34)33-12-7-9-14-35(33)36/h6-9,11-14,36H,10,15-31H2,1-5H3,(H,39,40). The summed E-state index contributed by atoms with van der Waals surface area (Å²) in [7, 11) is -1.70. The van der Waals surface area contributed by atoms with Crippen molar-refractivity contribution in [3.63, 3.8) is 0 Å². The van der Waals surface area contributed by atoms with E-state index in [9.17, 15) is 4.79 Å². The van der Waals surface area contributed by atoms with Crippen LogP contribution in [0, 0.1) is 0 Å². The van der Waals surface area contributed by atoms with E-state index in [0.29, 0.717) is 119 Å². The van der Waals surface area contributed by atoms with Crippen LogP contribution in [-0.2, 0) is 42.3 Å². The molecular weight excluding hydrogens is 659 g/mol. The van der Waals surface area contributed by atoms with Crippen LogP contribution in [-0.4, -0.2) is 127 Å². The molecule has 11 nitrogen and oxygen atoms in total. The van der Waals surface area contributed by atoms with Crippen LogP contribution < -0.4 is 5.32 Å². The Morgan fingerprint density at radius 2 is 0.980 bits per heavy atom. The molecule has 0 bridgehead atoms. The Kier molecular flexibility index (Phi) is 20.1. The van der Waals surface area contributed by atoms with E-state index in [4.69, 9.17) is 42.3 Å². The molecule has 0 aliphatic heterocycles. The number of carbonyl (C=O) groups is 1. The summed E-state index contributed by atoms with van der Waals surface area (Å²) in [6.07, 6.45) is 0.280. The van der Waals surface area contributed by atoms with Gasteiger partial charge in [0.2, 0.25) is 0 Å². The molecule has 0 heterocycles. The predicted octanol–water partition coefficient (Wildman–Crippen LogP) is 6.05. The van der Waals surface area contributed by atoms with Gasteiger partial charge in [-0.2, -0.15) is 0 Å². The topological polar surface area (TPSA) is 112 Å². The number of alkyl carbamates (subject to hydrolysis) is 1. The van der Waals surface area contributed by atoms with Crippen molar-refractivity contribution in [2.75, 3.05) is 112 Å². The third-order valence-corrected chi connectivity index (χ3v) is 13.3. The molecular formula is C38H61NO10Si. The van der Waals surface area contributed by atoms with Gasteiger partial charge in [-0.1, -0.05) is 69.3 Å². The average molecular weight is 720 g/mol. The Balaban J connectivity index is 0.995. The summed E-state index contributed by atoms with van der Waals surface area (Å²) in [5.41, 5.74) is 4.82. The van der Waals surface area contributed by atoms with Gasteiger partial charge in [0.25, 0.3) is 0 Å². The smallest absolute Gasteiger partial charge is 0.407 e. The summed E-state index contributed by atoms with van der Waals surface area (Å²) in [5, 5.41) is 3.02. The maximum absolute atomic E-state index is 12.3. The van der Waals surface area contributed by atoms with Gasteiger partial charge >= 0.3 is 6.09 Å². The highest BCUT2D eigenvalue weighted by Crippen LogP contribution is 2.44. The molecule has 1 aliphatic carbocycles. The van der Waals surface area contributed by atoms with Crippen LogP contribution in [0.5, 0.6) is 0 Å². The number of hydrogen-bond acceptors (Lipinski definition) is 10. The fourth-order valence-electron chi connectivity index (χ4n) is 5.01. The first-order valence-electron chi connectivity index (χ1n) is 18.0. The van der Waals surface area contributed by atoms with Gasteiger partial charge in [-0.05, 0) is 46.8 Å². The van der Waals surface area contributed by atoms with Crippen molar-refractivity contribution in [3.8, 4) is 11.1 Å². The number of rotatable bonds is 28. The monoisotopic (exact) mass is 719 g/mol. The van der Waals surface area contributed by atoms with E-state index >= 15 is 0 Å². The number of nitrogens with one attached hydrogen (secondary N) is 1. The van der Waals surface area contributed by atoms with E-state index in [-0.39, 0.29) is 11.0 Å². The molecule has 1 N–H and O–H groups in total. The Bertz CT molecular complexity index is 1160. The SMILES string of the molecule is CC(C)(C)[Si](C)(C)OCCOCCOCCOCCOCCOCCOCCOCCCNC(=O)OCC1c2ccccc2-c2ccccc21. The van der Waals surface area contributed by atoms with Crippen LogP contribution in [0.15, 0.2) is 48.5 Å². The van der Waals surface area contributed by atoms with Crippen LogP contribution >= 0.6 is 0 Å². The Hall–Kier alpha value is -2.39. The van der Waals surface area contributed by atoms with Gasteiger partial charge < -0.3 is 47.6 Å². The van der Waals surface area contributed by atoms with Crippen molar-refractivity contribution in [3.05, 3.63) is 59.7 Å². The molecule has 0 fully saturated rings. The van der Waals surface area contributed by atoms with Gasteiger partial charge in [0.05, 0.1) is 92.5 Å². The zero-order valence-corrected chi connectivity index (χ0v) is 32.0. The maximum Gasteiger partial charge on any atom is 0.407 e. The minimum atomic E-state index is -1.70. The Morgan fingerprint density at radius 3 is 1.40 bits per heavy atom. The van der Waals surface area contributed by atoms with Crippen molar-refractivity contribution in [2.24, 2.45) is 0 Å². The Labute approximate surface area is 300 Å². The van der Waals surface area contributed by atoms with Gasteiger partial charge in [0.1, 0.15) is 6.61 Å². The van der Waals surface area contributed by atoms with E-state index in [1.807, 2.05) is 24.3 Å². The Morgan fingerprint density at radius 1 is 0.600 bits per heavy atom. The number of fused-ring (bicyclic) bond motifs is 3. The van der Waals surface area contributed by atoms with Crippen molar-refractivity contribution in [1.29, 1.82) is 0 Å². The summed E-state index contributed by atoms with van der Waals surface area (Å²) >= 11 is 0. The largest absolute Gasteiger partial charge is 0.449 e. The van der Waals surface area contributed by atoms with Crippen LogP contribution in [0.4, 0.5) is 4.79 Å². The lowest BCUT2D eigenvalue weighted by Crippen LogP contribution is -2.41. The summed E-state index contributed by atoms with van der Waals surface area (Å²) in [4.78, 5) is 12.3. The molecule has 50 heavy (non-hydrogen) atoms. The third-order valence-electron chi connectivity index (χ3n) is 8.81. The average Bonchev–Trinajstić information content (AvgIpc) is 3.41. The summed E-state index contributed by atoms with van der Waals surface area (Å²) in [6, 6.07) is 16.6. The molecule has 0 unspecified atom stereocenters. The lowest BCUT2D eigenvalue weighted by Gasteiger charge is -2.36. The molecule has 0 atom stereocenters. The molecule has 0 spiro atoms. The minimum absolute atomic E-state index is 0.0541. The van der Waals surface area contributed by atoms with Crippen LogP contribution in [0.25, 0.3) is 11.1 Å². The molecule has 1 aliphatic rings. The summed E-state index contributed by atoms with van der Waals surface area (Å²) < 4.78 is 50.4. The van der Waals surface area contributed by atoms with Gasteiger partial charge in [0, 0.05) is 19.1 Å². The second-order valence-corrected chi connectivity index (χ2v) is 18.3. The fraction of sp³-hybridized carbons (Fsp3) is 0.658. The maximum atomic E-state index is 12.3. The first-order valence-corrected chi connectivity index (χ1v) is 20.9. The molecule has 12 heteroatoms. The van der Waals surface area contributed by atoms with Crippen LogP contribution in [0.2, 0.25) is 18.1 Å². The summed E-state index contributed by atoms with van der Waals surface area (Å²) in [6.45, 7) is 19.9. The van der Waals surface area contributed by atoms with E-state index in [1.165, 1.54) is 22.3 Å². The van der Waals surface area contributed by atoms with Gasteiger partial charge in [0.15, 0.2) is 8.32 Å². The van der Waals surface area contributed by atoms with Crippen molar-refractivity contribution < 1.29 is 47.1 Å². The summed E-state index contributed by atoms with van der Waals surface area (Å²) in [5.74, 6) is 0.0541. The quantitative estimate of drug-likeness (QED) is 0.0824. The van der Waals surface area contributed by atoms with Crippen molar-refractivity contribution in [2.45, 2.75) is 51.2 Å². The normalized spacial score (nSPS) is 13.0. The van der Waals surface area contributed by atoms with Crippen LogP contribution in [0.3, 0.4) is 0 Å². The van der Waals surface area contributed by atoms with E-state index in [0.717, 1.165) is 0 Å². The van der Waals surface area contributed by atoms with E-state index < -0.39 is 14.4 Å². The molecule has 0 aromatic heterocycles. The number of benzene rings is 2. The minimum Gasteiger partial charge on any atom is -0.449 e. The second kappa shape index (κ2) is 24.0. The molecule has 0 radical (unpaired) electrons. The predicted molar refractivity (Wildman–Crippen MR) is 197 cm³/mol. The highest BCUT2D eigenvalue weighted by Gasteiger charge is 2.36. The van der Waals surface area contributed by atoms with Crippen molar-refractivity contribution >= 4 is 14.4 Å². The zero-order chi connectivity index (χ0) is 35.9. The molecule has 3 rings (SSSR count). The van der Waals surface area contributed by atoms with Gasteiger partial charge in [-0.25, -0.2) is 4.79 Å². The first-order chi connectivity index (χ1) is 24.2. The molecule has 282 valence electrons. The molecule has 0 saturated heterocycles. The molecule has 2 aromatic rings. The number of ether oxygens (including phenoxy) is 8. The highest BCUT2D eigenvalue weighted by molar-refractivity contribution is 6.74. The van der Waals surface area contributed by atoms with E-state index in [1.54, 1.807) is 0 Å². The number of hydrogen-bond donors (Lipinski definition) is 1. The second-order valence-electron chi connectivity index (χ2n) is 13.5. The van der Waals surface area contributed by atoms with Gasteiger partial charge in [-0.3, -0.25) is 0 Å². The van der Waals surface area contributed by atoms with E-state index in [2.05, 4.69) is 63.4 Å². The zero-order valence-electron chi connectivity index (χ0n) is 31.0. The fourth-order valence-corrected chi connectivity index (χ4v) is 6.03. The van der Waals surface area contributed by atoms with Crippen molar-refractivity contribution in [1.82, 2.24) is 5.32 Å². The lowest BCUT2D eigenvalue weighted by atomic mass is 9.98. The molecule has 0 saturated carbocycles. The van der Waals surface area contributed by atoms with Gasteiger partial charge in [-0.15, -0.1) is 0 Å². The number of amides is 1.